The van der Waals surface area contributed by atoms with Gasteiger partial charge in [0.1, 0.15) is 0 Å². The Morgan fingerprint density at radius 3 is 2.20 bits per heavy atom. The molecule has 1 atom stereocenters. The Balaban J connectivity index is 2.89. The molecule has 0 aliphatic rings. The Morgan fingerprint density at radius 1 is 1.30 bits per heavy atom. The van der Waals surface area contributed by atoms with E-state index in [1.807, 2.05) is 24.3 Å². The summed E-state index contributed by atoms with van der Waals surface area (Å²) in [5, 5.41) is 9.09. The van der Waals surface area contributed by atoms with Crippen molar-refractivity contribution in [1.29, 1.82) is 0 Å². The van der Waals surface area contributed by atoms with E-state index in [-0.39, 0.29) is 6.10 Å². The molecule has 0 aromatic heterocycles. The van der Waals surface area contributed by atoms with Crippen LogP contribution in [0, 0.1) is 0 Å². The first kappa shape index (κ1) is 7.63. The van der Waals surface area contributed by atoms with Crippen molar-refractivity contribution in [2.45, 2.75) is 17.9 Å². The van der Waals surface area contributed by atoms with Crippen LogP contribution < -0.4 is 0 Å². The second kappa shape index (κ2) is 3.08. The minimum absolute atomic E-state index is 0.381. The molecule has 1 nitrogen and oxygen atoms in total. The highest BCUT2D eigenvalue weighted by molar-refractivity contribution is 7.80. The number of aliphatic hydroxyl groups excluding tert-OH is 1. The molecule has 0 amide bonds. The van der Waals surface area contributed by atoms with Crippen LogP contribution in [0.1, 0.15) is 18.6 Å². The zero-order valence-corrected chi connectivity index (χ0v) is 6.68. The molecule has 0 spiro atoms. The number of benzene rings is 1. The van der Waals surface area contributed by atoms with Gasteiger partial charge in [-0.3, -0.25) is 0 Å². The SMILES string of the molecule is CC(O)c1ccc(S)cc1. The Labute approximate surface area is 66.1 Å². The predicted molar refractivity (Wildman–Crippen MR) is 44.3 cm³/mol. The molecule has 0 aliphatic heterocycles. The number of aliphatic hydroxyl groups is 1. The molecule has 0 aliphatic carbocycles. The lowest BCUT2D eigenvalue weighted by molar-refractivity contribution is 0.199. The smallest absolute Gasteiger partial charge is 0.0761 e. The standard InChI is InChI=1S/C8H10OS/c1-6(9)7-2-4-8(10)5-3-7/h2-6,9-10H,1H3. The van der Waals surface area contributed by atoms with E-state index in [4.69, 9.17) is 5.11 Å². The molecule has 1 unspecified atom stereocenters. The van der Waals surface area contributed by atoms with Gasteiger partial charge in [-0.15, -0.1) is 12.6 Å². The van der Waals surface area contributed by atoms with Crippen molar-refractivity contribution >= 4 is 12.6 Å². The Bertz CT molecular complexity index is 203. The number of hydrogen-bond acceptors (Lipinski definition) is 2. The van der Waals surface area contributed by atoms with Gasteiger partial charge in [-0.1, -0.05) is 12.1 Å². The van der Waals surface area contributed by atoms with Crippen LogP contribution in [0.15, 0.2) is 29.2 Å². The molecular weight excluding hydrogens is 144 g/mol. The second-order valence-corrected chi connectivity index (χ2v) is 2.78. The topological polar surface area (TPSA) is 20.2 Å². The highest BCUT2D eigenvalue weighted by Crippen LogP contribution is 2.13. The summed E-state index contributed by atoms with van der Waals surface area (Å²) < 4.78 is 0. The third-order valence-corrected chi connectivity index (χ3v) is 1.67. The summed E-state index contributed by atoms with van der Waals surface area (Å²) in [6.45, 7) is 1.74. The van der Waals surface area contributed by atoms with Crippen LogP contribution >= 0.6 is 12.6 Å². The summed E-state index contributed by atoms with van der Waals surface area (Å²) in [6, 6.07) is 7.47. The fourth-order valence-electron chi connectivity index (χ4n) is 0.753. The van der Waals surface area contributed by atoms with E-state index in [9.17, 15) is 0 Å². The van der Waals surface area contributed by atoms with Crippen LogP contribution in [0.3, 0.4) is 0 Å². The van der Waals surface area contributed by atoms with Crippen LogP contribution in [0.2, 0.25) is 0 Å². The summed E-state index contributed by atoms with van der Waals surface area (Å²) >= 11 is 4.12. The first-order valence-electron chi connectivity index (χ1n) is 3.17. The molecule has 0 bridgehead atoms. The third kappa shape index (κ3) is 1.75. The number of hydrogen-bond donors (Lipinski definition) is 2. The highest BCUT2D eigenvalue weighted by atomic mass is 32.1. The van der Waals surface area contributed by atoms with Gasteiger partial charge in [0.25, 0.3) is 0 Å². The largest absolute Gasteiger partial charge is 0.389 e. The van der Waals surface area contributed by atoms with E-state index in [1.54, 1.807) is 6.92 Å². The molecule has 10 heavy (non-hydrogen) atoms. The minimum Gasteiger partial charge on any atom is -0.389 e. The Morgan fingerprint density at radius 2 is 1.80 bits per heavy atom. The zero-order valence-electron chi connectivity index (χ0n) is 5.78. The monoisotopic (exact) mass is 154 g/mol. The highest BCUT2D eigenvalue weighted by Gasteiger charge is 1.97. The molecular formula is C8H10OS. The maximum absolute atomic E-state index is 9.09. The van der Waals surface area contributed by atoms with Gasteiger partial charge < -0.3 is 5.11 Å². The predicted octanol–water partition coefficient (Wildman–Crippen LogP) is 2.03. The van der Waals surface area contributed by atoms with Crippen LogP contribution in [0.25, 0.3) is 0 Å². The number of rotatable bonds is 1. The maximum Gasteiger partial charge on any atom is 0.0761 e. The molecule has 1 N–H and O–H groups in total. The molecule has 0 fully saturated rings. The summed E-state index contributed by atoms with van der Waals surface area (Å²) in [7, 11) is 0. The first-order valence-corrected chi connectivity index (χ1v) is 3.62. The van der Waals surface area contributed by atoms with Gasteiger partial charge in [0, 0.05) is 4.90 Å². The summed E-state index contributed by atoms with van der Waals surface area (Å²) in [6.07, 6.45) is -0.381. The van der Waals surface area contributed by atoms with Gasteiger partial charge in [-0.25, -0.2) is 0 Å². The summed E-state index contributed by atoms with van der Waals surface area (Å²) in [5.74, 6) is 0. The van der Waals surface area contributed by atoms with Crippen LogP contribution in [-0.2, 0) is 0 Å². The molecule has 2 heteroatoms. The van der Waals surface area contributed by atoms with E-state index in [0.29, 0.717) is 0 Å². The lowest BCUT2D eigenvalue weighted by Gasteiger charge is -2.02. The molecule has 0 saturated carbocycles. The van der Waals surface area contributed by atoms with E-state index in [2.05, 4.69) is 12.6 Å². The normalized spacial score (nSPS) is 13.1. The molecule has 1 aromatic rings. The fourth-order valence-corrected chi connectivity index (χ4v) is 0.902. The Kier molecular flexibility index (Phi) is 2.35. The van der Waals surface area contributed by atoms with Crippen LogP contribution in [-0.4, -0.2) is 5.11 Å². The lowest BCUT2D eigenvalue weighted by atomic mass is 10.1. The van der Waals surface area contributed by atoms with Crippen molar-refractivity contribution in [3.05, 3.63) is 29.8 Å². The average Bonchev–Trinajstić information content (AvgIpc) is 1.88. The summed E-state index contributed by atoms with van der Waals surface area (Å²) in [4.78, 5) is 0.921. The lowest BCUT2D eigenvalue weighted by Crippen LogP contribution is -1.88. The van der Waals surface area contributed by atoms with Gasteiger partial charge in [0.15, 0.2) is 0 Å². The molecule has 1 rings (SSSR count). The zero-order chi connectivity index (χ0) is 7.56. The quantitative estimate of drug-likeness (QED) is 0.593. The maximum atomic E-state index is 9.09. The van der Waals surface area contributed by atoms with Gasteiger partial charge in [-0.05, 0) is 24.6 Å². The molecule has 0 radical (unpaired) electrons. The van der Waals surface area contributed by atoms with Crippen molar-refractivity contribution in [3.63, 3.8) is 0 Å². The second-order valence-electron chi connectivity index (χ2n) is 2.27. The van der Waals surface area contributed by atoms with Gasteiger partial charge >= 0.3 is 0 Å². The molecule has 0 heterocycles. The van der Waals surface area contributed by atoms with Gasteiger partial charge in [0.2, 0.25) is 0 Å². The fraction of sp³-hybridized carbons (Fsp3) is 0.250. The first-order chi connectivity index (χ1) is 4.70. The molecule has 1 aromatic carbocycles. The van der Waals surface area contributed by atoms with Crippen molar-refractivity contribution in [3.8, 4) is 0 Å². The van der Waals surface area contributed by atoms with Crippen LogP contribution in [0.4, 0.5) is 0 Å². The molecule has 0 saturated heterocycles. The van der Waals surface area contributed by atoms with E-state index < -0.39 is 0 Å². The van der Waals surface area contributed by atoms with E-state index >= 15 is 0 Å². The van der Waals surface area contributed by atoms with E-state index in [0.717, 1.165) is 10.5 Å². The number of thiol groups is 1. The minimum atomic E-state index is -0.381. The van der Waals surface area contributed by atoms with Crippen molar-refractivity contribution in [2.24, 2.45) is 0 Å². The van der Waals surface area contributed by atoms with Gasteiger partial charge in [0.05, 0.1) is 6.10 Å². The van der Waals surface area contributed by atoms with Crippen molar-refractivity contribution in [1.82, 2.24) is 0 Å². The van der Waals surface area contributed by atoms with Crippen LogP contribution in [0.5, 0.6) is 0 Å². The average molecular weight is 154 g/mol. The van der Waals surface area contributed by atoms with Gasteiger partial charge in [-0.2, -0.15) is 0 Å². The van der Waals surface area contributed by atoms with E-state index in [1.165, 1.54) is 0 Å². The summed E-state index contributed by atoms with van der Waals surface area (Å²) in [5.41, 5.74) is 0.929. The third-order valence-electron chi connectivity index (χ3n) is 1.38. The van der Waals surface area contributed by atoms with Crippen molar-refractivity contribution in [2.75, 3.05) is 0 Å². The Hall–Kier alpha value is -0.470. The van der Waals surface area contributed by atoms with Crippen molar-refractivity contribution < 1.29 is 5.11 Å². The molecule has 54 valence electrons.